The number of carbonyl (C=O) groups is 9. The molecule has 77 heavy (non-hydrogen) atoms. The number of carbonyl (C=O) groups excluding carboxylic acids is 9. The minimum absolute atomic E-state index is 0.0123. The summed E-state index contributed by atoms with van der Waals surface area (Å²) < 4.78 is 0. The van der Waals surface area contributed by atoms with E-state index in [4.69, 9.17) is 28.7 Å². The van der Waals surface area contributed by atoms with Crippen molar-refractivity contribution in [2.45, 2.75) is 120 Å². The molecule has 20 N–H and O–H groups in total. The van der Waals surface area contributed by atoms with Crippen molar-refractivity contribution in [2.75, 3.05) is 19.6 Å². The second-order valence-corrected chi connectivity index (χ2v) is 18.5. The number of rotatable bonds is 18. The number of aliphatic imine (C=N–C) groups is 2. The van der Waals surface area contributed by atoms with Crippen LogP contribution in [0.4, 0.5) is 0 Å². The van der Waals surface area contributed by atoms with Gasteiger partial charge in [-0.15, -0.1) is 0 Å². The molecule has 0 saturated carbocycles. The normalized spacial score (nSPS) is 20.8. The molecule has 414 valence electrons. The Bertz CT molecular complexity index is 2720. The van der Waals surface area contributed by atoms with E-state index in [-0.39, 0.29) is 95.8 Å². The maximum atomic E-state index is 14.7. The summed E-state index contributed by atoms with van der Waals surface area (Å²) >= 11 is 0. The van der Waals surface area contributed by atoms with Crippen molar-refractivity contribution in [1.82, 2.24) is 57.5 Å². The van der Waals surface area contributed by atoms with Gasteiger partial charge in [-0.25, -0.2) is 4.98 Å². The number of para-hydroxylation sites is 1. The average molecular weight is 1070 g/mol. The Morgan fingerprint density at radius 1 is 0.701 bits per heavy atom. The number of guanidine groups is 2. The molecule has 0 unspecified atom stereocenters. The third-order valence-corrected chi connectivity index (χ3v) is 12.4. The van der Waals surface area contributed by atoms with Crippen LogP contribution in [0.5, 0.6) is 0 Å². The van der Waals surface area contributed by atoms with Gasteiger partial charge in [0.1, 0.15) is 42.3 Å². The summed E-state index contributed by atoms with van der Waals surface area (Å²) in [7, 11) is 0. The number of hydrogen-bond donors (Lipinski definition) is 15. The summed E-state index contributed by atoms with van der Waals surface area (Å²) in [5.74, 6) is -7.66. The van der Waals surface area contributed by atoms with Gasteiger partial charge >= 0.3 is 0 Å². The second-order valence-electron chi connectivity index (χ2n) is 18.5. The molecule has 27 heteroatoms. The number of aromatic amines is 2. The molecule has 1 aliphatic rings. The zero-order valence-corrected chi connectivity index (χ0v) is 42.8. The highest BCUT2D eigenvalue weighted by molar-refractivity contribution is 5.99. The smallest absolute Gasteiger partial charge is 0.243 e. The van der Waals surface area contributed by atoms with E-state index in [0.29, 0.717) is 16.8 Å². The van der Waals surface area contributed by atoms with E-state index >= 15 is 0 Å². The highest BCUT2D eigenvalue weighted by Gasteiger charge is 2.35. The van der Waals surface area contributed by atoms with Crippen molar-refractivity contribution in [3.8, 4) is 0 Å². The standard InChI is InChI=1S/C50H70N18O9/c1-28(69)62-35(16-9-19-58-49(52)53)43(72)68-40-24-41(70)57-18-8-7-15-34(42(51)71)63-46(75)38(22-30-25-60-33-14-6-5-13-32(30)33)66-44(73)36(17-10-20-59-50(54)55)64-45(74)37(21-29-11-3-2-4-12-29)65-47(76)39(67-48(40)77)23-31-26-56-27-61-31/h2-6,11-14,25-27,34-40,60H,7-10,15-24H2,1H3,(H2,51,71)(H,56,61)(H,57,70)(H,62,69)(H,63,75)(H,64,74)(H,65,76)(H,66,73)(H,67,77)(H,68,72)(H4,52,53,58)(H4,54,55,59)/t34-,35+,36-,37+,38-,39-,40-/m0/s1. The van der Waals surface area contributed by atoms with Gasteiger partial charge < -0.3 is 81.2 Å². The van der Waals surface area contributed by atoms with E-state index in [1.807, 2.05) is 24.3 Å². The third-order valence-electron chi connectivity index (χ3n) is 12.4. The van der Waals surface area contributed by atoms with Gasteiger partial charge in [0.25, 0.3) is 0 Å². The lowest BCUT2D eigenvalue weighted by molar-refractivity contribution is -0.136. The molecular weight excluding hydrogens is 997 g/mol. The van der Waals surface area contributed by atoms with Gasteiger partial charge in [-0.2, -0.15) is 0 Å². The van der Waals surface area contributed by atoms with Crippen LogP contribution in [0.25, 0.3) is 10.9 Å². The number of H-pyrrole nitrogens is 2. The maximum absolute atomic E-state index is 14.7. The lowest BCUT2D eigenvalue weighted by Crippen LogP contribution is -2.61. The van der Waals surface area contributed by atoms with Crippen molar-refractivity contribution in [1.29, 1.82) is 0 Å². The molecule has 7 atom stereocenters. The maximum Gasteiger partial charge on any atom is 0.243 e. The van der Waals surface area contributed by atoms with Crippen LogP contribution >= 0.6 is 0 Å². The summed E-state index contributed by atoms with van der Waals surface area (Å²) in [6, 6.07) is 6.23. The summed E-state index contributed by atoms with van der Waals surface area (Å²) in [6.07, 6.45) is 4.23. The van der Waals surface area contributed by atoms with Gasteiger partial charge in [-0.3, -0.25) is 53.1 Å². The molecule has 0 bridgehead atoms. The fourth-order valence-electron chi connectivity index (χ4n) is 8.49. The molecule has 3 heterocycles. The number of benzene rings is 2. The van der Waals surface area contributed by atoms with E-state index in [1.54, 1.807) is 36.5 Å². The van der Waals surface area contributed by atoms with E-state index in [0.717, 1.165) is 10.9 Å². The quantitative estimate of drug-likeness (QED) is 0.0263. The Morgan fingerprint density at radius 3 is 1.97 bits per heavy atom. The third kappa shape index (κ3) is 19.6. The van der Waals surface area contributed by atoms with E-state index in [2.05, 4.69) is 67.5 Å². The number of nitrogens with two attached hydrogens (primary N) is 5. The number of imidazole rings is 1. The molecule has 4 aromatic rings. The van der Waals surface area contributed by atoms with Gasteiger partial charge in [-0.05, 0) is 62.1 Å². The molecule has 0 aliphatic carbocycles. The van der Waals surface area contributed by atoms with Crippen molar-refractivity contribution < 1.29 is 43.2 Å². The predicted molar refractivity (Wildman–Crippen MR) is 284 cm³/mol. The van der Waals surface area contributed by atoms with Crippen molar-refractivity contribution in [2.24, 2.45) is 38.7 Å². The molecule has 0 spiro atoms. The SMILES string of the molecule is CC(=O)N[C@H](CCCN=C(N)N)C(=O)N[C@H]1CC(=O)NCCCC[C@@H](C(N)=O)NC(=O)[C@H](Cc2c[nH]c3ccccc23)NC(=O)[C@H](CCCN=C(N)N)NC(=O)[C@@H](Cc2ccccc2)NC(=O)[C@H](Cc2cnc[nH]2)NC1=O. The summed E-state index contributed by atoms with van der Waals surface area (Å²) in [5, 5.41) is 22.2. The van der Waals surface area contributed by atoms with Gasteiger partial charge in [0.15, 0.2) is 11.9 Å². The Morgan fingerprint density at radius 2 is 1.31 bits per heavy atom. The van der Waals surface area contributed by atoms with Crippen molar-refractivity contribution in [3.05, 3.63) is 90.1 Å². The Balaban J connectivity index is 1.55. The minimum Gasteiger partial charge on any atom is -0.370 e. The van der Waals surface area contributed by atoms with Gasteiger partial charge in [0.05, 0.1) is 12.7 Å². The summed E-state index contributed by atoms with van der Waals surface area (Å²) in [5.41, 5.74) is 30.2. The molecular formula is C50H70N18O9. The lowest BCUT2D eigenvalue weighted by atomic mass is 10.0. The fraction of sp³-hybridized carbons (Fsp3) is 0.440. The summed E-state index contributed by atoms with van der Waals surface area (Å²) in [4.78, 5) is 143. The first-order chi connectivity index (χ1) is 36.9. The van der Waals surface area contributed by atoms with Crippen molar-refractivity contribution >= 4 is 76.0 Å². The first-order valence-corrected chi connectivity index (χ1v) is 25.2. The highest BCUT2D eigenvalue weighted by Crippen LogP contribution is 2.20. The predicted octanol–water partition coefficient (Wildman–Crippen LogP) is -3.38. The van der Waals surface area contributed by atoms with E-state index in [9.17, 15) is 43.2 Å². The zero-order valence-electron chi connectivity index (χ0n) is 42.8. The Hall–Kier alpha value is -9.04. The molecule has 1 saturated heterocycles. The molecule has 9 amide bonds. The monoisotopic (exact) mass is 1070 g/mol. The van der Waals surface area contributed by atoms with Crippen LogP contribution < -0.4 is 71.2 Å². The number of hydrogen-bond acceptors (Lipinski definition) is 12. The Labute approximate surface area is 443 Å². The van der Waals surface area contributed by atoms with E-state index < -0.39 is 102 Å². The summed E-state index contributed by atoms with van der Waals surface area (Å²) in [6.45, 7) is 1.37. The molecule has 27 nitrogen and oxygen atoms in total. The zero-order chi connectivity index (χ0) is 55.9. The average Bonchev–Trinajstić information content (AvgIpc) is 4.07. The molecule has 0 radical (unpaired) electrons. The molecule has 2 aromatic carbocycles. The van der Waals surface area contributed by atoms with Gasteiger partial charge in [0.2, 0.25) is 53.2 Å². The van der Waals surface area contributed by atoms with Crippen LogP contribution in [-0.2, 0) is 62.4 Å². The number of nitrogens with one attached hydrogen (secondary N) is 10. The fourth-order valence-corrected chi connectivity index (χ4v) is 8.49. The van der Waals surface area contributed by atoms with Crippen LogP contribution in [0.15, 0.2) is 83.3 Å². The Kier molecular flexibility index (Phi) is 22.7. The number of aromatic nitrogens is 3. The molecule has 5 rings (SSSR count). The number of primary amides is 1. The van der Waals surface area contributed by atoms with Crippen molar-refractivity contribution in [3.63, 3.8) is 0 Å². The van der Waals surface area contributed by atoms with Gasteiger partial charge in [-0.1, -0.05) is 48.5 Å². The first-order valence-electron chi connectivity index (χ1n) is 25.2. The molecule has 1 aliphatic heterocycles. The van der Waals surface area contributed by atoms with Gasteiger partial charge in [0, 0.05) is 74.8 Å². The topological polar surface area (TPSA) is 449 Å². The van der Waals surface area contributed by atoms with Crippen LogP contribution in [-0.4, -0.2) is 142 Å². The minimum atomic E-state index is -1.65. The number of fused-ring (bicyclic) bond motifs is 1. The second kappa shape index (κ2) is 29.7. The highest BCUT2D eigenvalue weighted by atomic mass is 16.2. The molecule has 1 fully saturated rings. The van der Waals surface area contributed by atoms with Crippen LogP contribution in [0.3, 0.4) is 0 Å². The number of amides is 9. The lowest BCUT2D eigenvalue weighted by Gasteiger charge is -2.28. The number of nitrogens with zero attached hydrogens (tertiary/aromatic N) is 3. The largest absolute Gasteiger partial charge is 0.370 e. The molecule has 2 aromatic heterocycles. The van der Waals surface area contributed by atoms with Crippen LogP contribution in [0, 0.1) is 0 Å². The first kappa shape index (κ1) is 58.8. The van der Waals surface area contributed by atoms with Crippen LogP contribution in [0.1, 0.15) is 75.1 Å². The van der Waals surface area contributed by atoms with E-state index in [1.165, 1.54) is 19.4 Å². The van der Waals surface area contributed by atoms with Crippen LogP contribution in [0.2, 0.25) is 0 Å².